The Balaban J connectivity index is 1.94. The van der Waals surface area contributed by atoms with Gasteiger partial charge in [-0.05, 0) is 32.0 Å². The van der Waals surface area contributed by atoms with Gasteiger partial charge in [0.2, 0.25) is 11.8 Å². The van der Waals surface area contributed by atoms with Gasteiger partial charge in [0.25, 0.3) is 0 Å². The summed E-state index contributed by atoms with van der Waals surface area (Å²) >= 11 is 6.10. The second-order valence-electron chi connectivity index (χ2n) is 6.63. The largest absolute Gasteiger partial charge is 0.351 e. The number of rotatable bonds is 5. The van der Waals surface area contributed by atoms with Crippen LogP contribution in [0.3, 0.4) is 0 Å². The lowest BCUT2D eigenvalue weighted by molar-refractivity contribution is -0.149. The molecule has 0 radical (unpaired) electrons. The number of benzene rings is 1. The van der Waals surface area contributed by atoms with E-state index in [1.807, 2.05) is 18.2 Å². The van der Waals surface area contributed by atoms with Crippen LogP contribution in [-0.4, -0.2) is 54.3 Å². The molecule has 1 aliphatic rings. The summed E-state index contributed by atoms with van der Waals surface area (Å²) in [5.74, 6) is -0.389. The molecule has 1 fully saturated rings. The maximum atomic E-state index is 12.8. The lowest BCUT2D eigenvalue weighted by Gasteiger charge is -2.37. The van der Waals surface area contributed by atoms with Crippen molar-refractivity contribution in [3.63, 3.8) is 0 Å². The van der Waals surface area contributed by atoms with Crippen LogP contribution >= 0.6 is 11.6 Å². The molecule has 1 aliphatic heterocycles. The first-order valence-corrected chi connectivity index (χ1v) is 8.77. The molecule has 1 heterocycles. The van der Waals surface area contributed by atoms with Gasteiger partial charge in [0.15, 0.2) is 0 Å². The van der Waals surface area contributed by atoms with Crippen molar-refractivity contribution in [1.29, 1.82) is 0 Å². The molecule has 0 bridgehead atoms. The average molecular weight is 352 g/mol. The Labute approximate surface area is 149 Å². The quantitative estimate of drug-likeness (QED) is 0.827. The summed E-state index contributed by atoms with van der Waals surface area (Å²) in [6, 6.07) is 7.36. The normalized spacial score (nSPS) is 16.1. The van der Waals surface area contributed by atoms with Gasteiger partial charge in [-0.15, -0.1) is 0 Å². The van der Waals surface area contributed by atoms with Crippen LogP contribution in [0.4, 0.5) is 0 Å². The Bertz CT molecular complexity index is 596. The van der Waals surface area contributed by atoms with Crippen LogP contribution in [0.15, 0.2) is 24.3 Å². The lowest BCUT2D eigenvalue weighted by Crippen LogP contribution is -2.55. The van der Waals surface area contributed by atoms with E-state index < -0.39 is 5.41 Å². The SMILES string of the molecule is CCN1CCN(C(=O)C(C)(C)C(=O)NCc2ccccc2Cl)CC1. The highest BCUT2D eigenvalue weighted by Gasteiger charge is 2.39. The van der Waals surface area contributed by atoms with Crippen molar-refractivity contribution in [3.8, 4) is 0 Å². The molecule has 1 N–H and O–H groups in total. The van der Waals surface area contributed by atoms with Gasteiger partial charge in [-0.1, -0.05) is 36.7 Å². The Kier molecular flexibility index (Phi) is 6.24. The van der Waals surface area contributed by atoms with Crippen molar-refractivity contribution in [3.05, 3.63) is 34.9 Å². The summed E-state index contributed by atoms with van der Waals surface area (Å²) in [6.07, 6.45) is 0. The molecule has 6 heteroatoms. The summed E-state index contributed by atoms with van der Waals surface area (Å²) < 4.78 is 0. The van der Waals surface area contributed by atoms with Crippen LogP contribution in [0, 0.1) is 5.41 Å². The maximum Gasteiger partial charge on any atom is 0.237 e. The fraction of sp³-hybridized carbons (Fsp3) is 0.556. The second-order valence-corrected chi connectivity index (χ2v) is 7.03. The summed E-state index contributed by atoms with van der Waals surface area (Å²) in [5.41, 5.74) is -0.248. The van der Waals surface area contributed by atoms with E-state index in [2.05, 4.69) is 17.1 Å². The third-order valence-electron chi connectivity index (χ3n) is 4.61. The van der Waals surface area contributed by atoms with Gasteiger partial charge in [0.05, 0.1) is 0 Å². The highest BCUT2D eigenvalue weighted by molar-refractivity contribution is 6.31. The van der Waals surface area contributed by atoms with E-state index in [0.29, 0.717) is 24.7 Å². The second kappa shape index (κ2) is 7.99. The minimum Gasteiger partial charge on any atom is -0.351 e. The Hall–Kier alpha value is -1.59. The van der Waals surface area contributed by atoms with Crippen molar-refractivity contribution in [2.45, 2.75) is 27.3 Å². The zero-order chi connectivity index (χ0) is 17.7. The van der Waals surface area contributed by atoms with Crippen LogP contribution in [-0.2, 0) is 16.1 Å². The Morgan fingerprint density at radius 1 is 1.17 bits per heavy atom. The molecule has 0 spiro atoms. The molecule has 2 rings (SSSR count). The first kappa shape index (κ1) is 18.7. The molecule has 132 valence electrons. The van der Waals surface area contributed by atoms with E-state index in [-0.39, 0.29) is 11.8 Å². The zero-order valence-electron chi connectivity index (χ0n) is 14.6. The van der Waals surface area contributed by atoms with Crippen LogP contribution in [0.5, 0.6) is 0 Å². The van der Waals surface area contributed by atoms with Crippen molar-refractivity contribution >= 4 is 23.4 Å². The van der Waals surface area contributed by atoms with E-state index in [4.69, 9.17) is 11.6 Å². The number of halogens is 1. The third kappa shape index (κ3) is 4.28. The zero-order valence-corrected chi connectivity index (χ0v) is 15.4. The number of carbonyl (C=O) groups is 2. The summed E-state index contributed by atoms with van der Waals surface area (Å²) in [4.78, 5) is 29.4. The van der Waals surface area contributed by atoms with Gasteiger partial charge in [-0.2, -0.15) is 0 Å². The molecule has 0 aliphatic carbocycles. The first-order chi connectivity index (χ1) is 11.4. The first-order valence-electron chi connectivity index (χ1n) is 8.39. The van der Waals surface area contributed by atoms with Crippen molar-refractivity contribution in [2.75, 3.05) is 32.7 Å². The van der Waals surface area contributed by atoms with E-state index in [0.717, 1.165) is 25.2 Å². The molecule has 0 aromatic heterocycles. The van der Waals surface area contributed by atoms with E-state index in [9.17, 15) is 9.59 Å². The van der Waals surface area contributed by atoms with Crippen molar-refractivity contribution in [1.82, 2.24) is 15.1 Å². The molecule has 1 saturated heterocycles. The number of nitrogens with zero attached hydrogens (tertiary/aromatic N) is 2. The predicted octanol–water partition coefficient (Wildman–Crippen LogP) is 2.15. The fourth-order valence-corrected chi connectivity index (χ4v) is 3.00. The van der Waals surface area contributed by atoms with Crippen LogP contribution < -0.4 is 5.32 Å². The van der Waals surface area contributed by atoms with E-state index >= 15 is 0 Å². The number of piperazine rings is 1. The van der Waals surface area contributed by atoms with Gasteiger partial charge < -0.3 is 15.1 Å². The van der Waals surface area contributed by atoms with Crippen LogP contribution in [0.25, 0.3) is 0 Å². The van der Waals surface area contributed by atoms with Crippen molar-refractivity contribution < 1.29 is 9.59 Å². The number of likely N-dealkylation sites (N-methyl/N-ethyl adjacent to an activating group) is 1. The Morgan fingerprint density at radius 3 is 2.38 bits per heavy atom. The van der Waals surface area contributed by atoms with Gasteiger partial charge in [-0.3, -0.25) is 9.59 Å². The fourth-order valence-electron chi connectivity index (χ4n) is 2.80. The molecule has 0 unspecified atom stereocenters. The molecular weight excluding hydrogens is 326 g/mol. The number of nitrogens with one attached hydrogen (secondary N) is 1. The Morgan fingerprint density at radius 2 is 1.79 bits per heavy atom. The standard InChI is InChI=1S/C18H26ClN3O2/c1-4-21-9-11-22(12-10-21)17(24)18(2,3)16(23)20-13-14-7-5-6-8-15(14)19/h5-8H,4,9-13H2,1-3H3,(H,20,23). The van der Waals surface area contributed by atoms with Gasteiger partial charge >= 0.3 is 0 Å². The van der Waals surface area contributed by atoms with Gasteiger partial charge in [-0.25, -0.2) is 0 Å². The smallest absolute Gasteiger partial charge is 0.237 e. The molecule has 5 nitrogen and oxygen atoms in total. The van der Waals surface area contributed by atoms with Crippen molar-refractivity contribution in [2.24, 2.45) is 5.41 Å². The summed E-state index contributed by atoms with van der Waals surface area (Å²) in [7, 11) is 0. The monoisotopic (exact) mass is 351 g/mol. The lowest BCUT2D eigenvalue weighted by atomic mass is 9.90. The number of carbonyl (C=O) groups excluding carboxylic acids is 2. The average Bonchev–Trinajstić information content (AvgIpc) is 2.60. The highest BCUT2D eigenvalue weighted by atomic mass is 35.5. The highest BCUT2D eigenvalue weighted by Crippen LogP contribution is 2.21. The predicted molar refractivity (Wildman–Crippen MR) is 95.8 cm³/mol. The minimum atomic E-state index is -1.09. The topological polar surface area (TPSA) is 52.7 Å². The molecule has 1 aromatic rings. The van der Waals surface area contributed by atoms with Gasteiger partial charge in [0.1, 0.15) is 5.41 Å². The summed E-state index contributed by atoms with van der Waals surface area (Å²) in [6.45, 7) is 9.86. The van der Waals surface area contributed by atoms with E-state index in [1.165, 1.54) is 0 Å². The minimum absolute atomic E-state index is 0.116. The molecule has 24 heavy (non-hydrogen) atoms. The number of amides is 2. The molecule has 0 atom stereocenters. The molecule has 0 saturated carbocycles. The molecular formula is C18H26ClN3O2. The van der Waals surface area contributed by atoms with Gasteiger partial charge in [0, 0.05) is 37.7 Å². The molecule has 1 aromatic carbocycles. The van der Waals surface area contributed by atoms with Crippen LogP contribution in [0.1, 0.15) is 26.3 Å². The molecule has 2 amide bonds. The van der Waals surface area contributed by atoms with E-state index in [1.54, 1.807) is 24.8 Å². The third-order valence-corrected chi connectivity index (χ3v) is 4.97. The summed E-state index contributed by atoms with van der Waals surface area (Å²) in [5, 5.41) is 3.45. The van der Waals surface area contributed by atoms with Crippen LogP contribution in [0.2, 0.25) is 5.02 Å². The number of hydrogen-bond donors (Lipinski definition) is 1. The number of hydrogen-bond acceptors (Lipinski definition) is 3. The maximum absolute atomic E-state index is 12.8.